The molecular formula is C11H22O. The minimum atomic E-state index is -0.107. The zero-order chi connectivity index (χ0) is 9.56. The molecule has 2 atom stereocenters. The maximum absolute atomic E-state index is 9.50. The van der Waals surface area contributed by atoms with E-state index in [0.717, 1.165) is 25.7 Å². The van der Waals surface area contributed by atoms with E-state index in [1.54, 1.807) is 0 Å². The molecule has 72 valence electrons. The van der Waals surface area contributed by atoms with E-state index in [1.807, 2.05) is 6.92 Å². The summed E-state index contributed by atoms with van der Waals surface area (Å²) in [5, 5.41) is 9.50. The van der Waals surface area contributed by atoms with Crippen LogP contribution in [0, 0.1) is 5.92 Å². The molecule has 12 heavy (non-hydrogen) atoms. The lowest BCUT2D eigenvalue weighted by molar-refractivity contribution is 0.135. The van der Waals surface area contributed by atoms with Crippen molar-refractivity contribution in [3.05, 3.63) is 12.2 Å². The first kappa shape index (κ1) is 11.7. The topological polar surface area (TPSA) is 20.2 Å². The molecule has 0 spiro atoms. The number of aliphatic hydroxyl groups is 1. The monoisotopic (exact) mass is 170 g/mol. The summed E-state index contributed by atoms with van der Waals surface area (Å²) in [6, 6.07) is 0. The molecule has 0 aromatic carbocycles. The van der Waals surface area contributed by atoms with Gasteiger partial charge < -0.3 is 5.11 Å². The van der Waals surface area contributed by atoms with Crippen molar-refractivity contribution < 1.29 is 5.11 Å². The van der Waals surface area contributed by atoms with Crippen LogP contribution in [0.3, 0.4) is 0 Å². The lowest BCUT2D eigenvalue weighted by atomic mass is 9.95. The molecule has 0 amide bonds. The second kappa shape index (κ2) is 6.24. The van der Waals surface area contributed by atoms with Crippen LogP contribution in [0.2, 0.25) is 0 Å². The zero-order valence-electron chi connectivity index (χ0n) is 8.64. The average molecular weight is 170 g/mol. The van der Waals surface area contributed by atoms with Gasteiger partial charge >= 0.3 is 0 Å². The van der Waals surface area contributed by atoms with Crippen LogP contribution in [0.1, 0.15) is 46.5 Å². The van der Waals surface area contributed by atoms with E-state index in [1.165, 1.54) is 5.57 Å². The number of hydrogen-bond donors (Lipinski definition) is 1. The lowest BCUT2D eigenvalue weighted by Gasteiger charge is -2.15. The van der Waals surface area contributed by atoms with Gasteiger partial charge in [0.15, 0.2) is 0 Å². The summed E-state index contributed by atoms with van der Waals surface area (Å²) < 4.78 is 0. The summed E-state index contributed by atoms with van der Waals surface area (Å²) in [5.41, 5.74) is 1.21. The first-order valence-corrected chi connectivity index (χ1v) is 4.88. The van der Waals surface area contributed by atoms with E-state index >= 15 is 0 Å². The van der Waals surface area contributed by atoms with E-state index in [4.69, 9.17) is 0 Å². The van der Waals surface area contributed by atoms with Crippen LogP contribution in [-0.2, 0) is 0 Å². The van der Waals surface area contributed by atoms with Crippen molar-refractivity contribution in [3.63, 3.8) is 0 Å². The summed E-state index contributed by atoms with van der Waals surface area (Å²) >= 11 is 0. The lowest BCUT2D eigenvalue weighted by Crippen LogP contribution is -2.11. The number of allylic oxidation sites excluding steroid dienone is 1. The first-order chi connectivity index (χ1) is 5.56. The third-order valence-corrected chi connectivity index (χ3v) is 1.99. The Bertz CT molecular complexity index is 129. The van der Waals surface area contributed by atoms with Gasteiger partial charge in [0, 0.05) is 0 Å². The fourth-order valence-electron chi connectivity index (χ4n) is 1.59. The van der Waals surface area contributed by atoms with Gasteiger partial charge in [0.2, 0.25) is 0 Å². The molecule has 0 radical (unpaired) electrons. The molecule has 2 unspecified atom stereocenters. The van der Waals surface area contributed by atoms with E-state index in [9.17, 15) is 5.11 Å². The van der Waals surface area contributed by atoms with Crippen molar-refractivity contribution in [2.45, 2.75) is 52.6 Å². The third kappa shape index (κ3) is 6.41. The molecule has 0 aromatic heterocycles. The van der Waals surface area contributed by atoms with Gasteiger partial charge in [-0.2, -0.15) is 0 Å². The predicted octanol–water partition coefficient (Wildman–Crippen LogP) is 3.14. The van der Waals surface area contributed by atoms with Gasteiger partial charge in [-0.1, -0.05) is 25.8 Å². The molecule has 0 bridgehead atoms. The first-order valence-electron chi connectivity index (χ1n) is 4.88. The van der Waals surface area contributed by atoms with E-state index in [-0.39, 0.29) is 6.10 Å². The second-order valence-corrected chi connectivity index (χ2v) is 3.94. The van der Waals surface area contributed by atoms with Gasteiger partial charge in [0.25, 0.3) is 0 Å². The Morgan fingerprint density at radius 2 is 2.08 bits per heavy atom. The van der Waals surface area contributed by atoms with Gasteiger partial charge in [0.1, 0.15) is 0 Å². The van der Waals surface area contributed by atoms with Gasteiger partial charge in [-0.15, -0.1) is 6.58 Å². The van der Waals surface area contributed by atoms with Crippen molar-refractivity contribution in [2.75, 3.05) is 0 Å². The third-order valence-electron chi connectivity index (χ3n) is 1.99. The summed E-state index contributed by atoms with van der Waals surface area (Å²) in [7, 11) is 0. The molecule has 0 aliphatic rings. The Labute approximate surface area is 76.5 Å². The van der Waals surface area contributed by atoms with Crippen LogP contribution in [0.15, 0.2) is 12.2 Å². The van der Waals surface area contributed by atoms with Crippen molar-refractivity contribution in [1.82, 2.24) is 0 Å². The highest BCUT2D eigenvalue weighted by Crippen LogP contribution is 2.16. The minimum Gasteiger partial charge on any atom is -0.393 e. The number of hydrogen-bond acceptors (Lipinski definition) is 1. The SMILES string of the molecule is C=C(C)CC(C)CC(O)CCC. The van der Waals surface area contributed by atoms with Crippen LogP contribution in [0.5, 0.6) is 0 Å². The van der Waals surface area contributed by atoms with Crippen LogP contribution in [0.4, 0.5) is 0 Å². The van der Waals surface area contributed by atoms with E-state index in [2.05, 4.69) is 20.4 Å². The fourth-order valence-corrected chi connectivity index (χ4v) is 1.59. The molecular weight excluding hydrogens is 148 g/mol. The molecule has 0 saturated heterocycles. The Kier molecular flexibility index (Phi) is 6.09. The van der Waals surface area contributed by atoms with Crippen LogP contribution in [-0.4, -0.2) is 11.2 Å². The van der Waals surface area contributed by atoms with E-state index < -0.39 is 0 Å². The Morgan fingerprint density at radius 3 is 2.50 bits per heavy atom. The molecule has 0 aliphatic heterocycles. The molecule has 1 nitrogen and oxygen atoms in total. The maximum atomic E-state index is 9.50. The van der Waals surface area contributed by atoms with Crippen molar-refractivity contribution in [2.24, 2.45) is 5.92 Å². The normalized spacial score (nSPS) is 15.7. The Hall–Kier alpha value is -0.300. The van der Waals surface area contributed by atoms with Gasteiger partial charge in [-0.25, -0.2) is 0 Å². The molecule has 0 aromatic rings. The summed E-state index contributed by atoms with van der Waals surface area (Å²) in [4.78, 5) is 0. The molecule has 0 saturated carbocycles. The van der Waals surface area contributed by atoms with Crippen LogP contribution >= 0.6 is 0 Å². The summed E-state index contributed by atoms with van der Waals surface area (Å²) in [6.45, 7) is 10.2. The quantitative estimate of drug-likeness (QED) is 0.607. The summed E-state index contributed by atoms with van der Waals surface area (Å²) in [6.07, 6.45) is 3.85. The minimum absolute atomic E-state index is 0.107. The summed E-state index contributed by atoms with van der Waals surface area (Å²) in [5.74, 6) is 0.573. The highest BCUT2D eigenvalue weighted by atomic mass is 16.3. The van der Waals surface area contributed by atoms with Gasteiger partial charge in [-0.05, 0) is 32.1 Å². The van der Waals surface area contributed by atoms with Crippen LogP contribution < -0.4 is 0 Å². The highest BCUT2D eigenvalue weighted by Gasteiger charge is 2.08. The number of rotatable bonds is 6. The largest absolute Gasteiger partial charge is 0.393 e. The highest BCUT2D eigenvalue weighted by molar-refractivity contribution is 4.89. The molecule has 0 heterocycles. The second-order valence-electron chi connectivity index (χ2n) is 3.94. The maximum Gasteiger partial charge on any atom is 0.0542 e. The Balaban J connectivity index is 3.53. The molecule has 0 aliphatic carbocycles. The fraction of sp³-hybridized carbons (Fsp3) is 0.818. The zero-order valence-corrected chi connectivity index (χ0v) is 8.64. The number of aliphatic hydroxyl groups excluding tert-OH is 1. The Morgan fingerprint density at radius 1 is 1.50 bits per heavy atom. The van der Waals surface area contributed by atoms with Gasteiger partial charge in [0.05, 0.1) is 6.10 Å². The average Bonchev–Trinajstić information content (AvgIpc) is 1.84. The standard InChI is InChI=1S/C11H22O/c1-5-6-11(12)8-10(4)7-9(2)3/h10-12H,2,5-8H2,1,3-4H3. The van der Waals surface area contributed by atoms with Crippen molar-refractivity contribution in [1.29, 1.82) is 0 Å². The van der Waals surface area contributed by atoms with Gasteiger partial charge in [-0.3, -0.25) is 0 Å². The smallest absolute Gasteiger partial charge is 0.0542 e. The molecule has 1 heteroatoms. The van der Waals surface area contributed by atoms with Crippen molar-refractivity contribution >= 4 is 0 Å². The molecule has 0 rings (SSSR count). The van der Waals surface area contributed by atoms with Crippen molar-refractivity contribution in [3.8, 4) is 0 Å². The van der Waals surface area contributed by atoms with E-state index in [0.29, 0.717) is 5.92 Å². The molecule has 0 fully saturated rings. The predicted molar refractivity (Wildman–Crippen MR) is 54.1 cm³/mol. The van der Waals surface area contributed by atoms with Crippen LogP contribution in [0.25, 0.3) is 0 Å². The molecule has 1 N–H and O–H groups in total.